The van der Waals surface area contributed by atoms with Gasteiger partial charge in [-0.25, -0.2) is 13.4 Å². The van der Waals surface area contributed by atoms with Gasteiger partial charge in [0.1, 0.15) is 11.2 Å². The molecule has 0 atom stereocenters. The average molecular weight is 445 g/mol. The summed E-state index contributed by atoms with van der Waals surface area (Å²) in [5.41, 5.74) is 5.79. The van der Waals surface area contributed by atoms with E-state index in [0.29, 0.717) is 28.4 Å². The summed E-state index contributed by atoms with van der Waals surface area (Å²) in [6, 6.07) is 22.0. The molecule has 3 aromatic carbocycles. The van der Waals surface area contributed by atoms with Gasteiger partial charge in [-0.3, -0.25) is 9.82 Å². The molecule has 0 amide bonds. The fourth-order valence-electron chi connectivity index (χ4n) is 3.56. The molecule has 0 saturated heterocycles. The molecule has 7 nitrogen and oxygen atoms in total. The Balaban J connectivity index is 1.44. The lowest BCUT2D eigenvalue weighted by Crippen LogP contribution is -2.15. The summed E-state index contributed by atoms with van der Waals surface area (Å²) in [7, 11) is -3.57. The number of sulfonamides is 1. The molecule has 5 rings (SSSR count). The molecule has 2 N–H and O–H groups in total. The summed E-state index contributed by atoms with van der Waals surface area (Å²) in [6.07, 6.45) is 1.72. The topological polar surface area (TPSA) is 101 Å². The van der Waals surface area contributed by atoms with Crippen LogP contribution < -0.4 is 4.72 Å². The number of aromatic nitrogens is 3. The highest BCUT2D eigenvalue weighted by atomic mass is 32.2. The minimum absolute atomic E-state index is 0.103. The zero-order valence-corrected chi connectivity index (χ0v) is 18.1. The highest BCUT2D eigenvalue weighted by Crippen LogP contribution is 2.33. The van der Waals surface area contributed by atoms with Gasteiger partial charge in [0.15, 0.2) is 5.58 Å². The Morgan fingerprint density at radius 3 is 2.69 bits per heavy atom. The van der Waals surface area contributed by atoms with Crippen molar-refractivity contribution in [3.8, 4) is 22.7 Å². The van der Waals surface area contributed by atoms with Crippen LogP contribution in [0.3, 0.4) is 0 Å². The van der Waals surface area contributed by atoms with Crippen LogP contribution in [0.5, 0.6) is 0 Å². The van der Waals surface area contributed by atoms with E-state index in [4.69, 9.17) is 4.42 Å². The Morgan fingerprint density at radius 1 is 1.00 bits per heavy atom. The first kappa shape index (κ1) is 20.0. The second-order valence-corrected chi connectivity index (χ2v) is 9.29. The molecule has 2 heterocycles. The highest BCUT2D eigenvalue weighted by molar-refractivity contribution is 7.91. The van der Waals surface area contributed by atoms with E-state index in [1.54, 1.807) is 36.5 Å². The second kappa shape index (κ2) is 7.97. The minimum atomic E-state index is -3.57. The molecule has 0 saturated carbocycles. The van der Waals surface area contributed by atoms with Crippen LogP contribution in [0.1, 0.15) is 11.1 Å². The number of fused-ring (bicyclic) bond motifs is 1. The number of aryl methyl sites for hydroxylation is 1. The summed E-state index contributed by atoms with van der Waals surface area (Å²) in [4.78, 5) is 4.57. The van der Waals surface area contributed by atoms with Gasteiger partial charge in [-0.1, -0.05) is 48.5 Å². The predicted molar refractivity (Wildman–Crippen MR) is 124 cm³/mol. The van der Waals surface area contributed by atoms with Crippen molar-refractivity contribution in [3.05, 3.63) is 90.1 Å². The number of benzene rings is 3. The highest BCUT2D eigenvalue weighted by Gasteiger charge is 2.18. The number of oxazole rings is 1. The van der Waals surface area contributed by atoms with Gasteiger partial charge in [0, 0.05) is 17.4 Å². The van der Waals surface area contributed by atoms with Crippen LogP contribution in [0.4, 0.5) is 5.69 Å². The number of hydrogen-bond acceptors (Lipinski definition) is 5. The zero-order chi connectivity index (χ0) is 22.1. The van der Waals surface area contributed by atoms with Crippen molar-refractivity contribution in [1.82, 2.24) is 15.2 Å². The second-order valence-electron chi connectivity index (χ2n) is 7.57. The third-order valence-corrected chi connectivity index (χ3v) is 6.28. The molecule has 0 aliphatic carbocycles. The zero-order valence-electron chi connectivity index (χ0n) is 17.2. The first-order valence-electron chi connectivity index (χ1n) is 10.0. The Morgan fingerprint density at radius 2 is 1.84 bits per heavy atom. The molecule has 32 heavy (non-hydrogen) atoms. The van der Waals surface area contributed by atoms with Gasteiger partial charge in [0.2, 0.25) is 15.9 Å². The Kier molecular flexibility index (Phi) is 4.99. The largest absolute Gasteiger partial charge is 0.436 e. The van der Waals surface area contributed by atoms with E-state index in [1.165, 1.54) is 0 Å². The number of nitrogens with one attached hydrogen (secondary N) is 2. The summed E-state index contributed by atoms with van der Waals surface area (Å²) < 4.78 is 33.9. The number of rotatable bonds is 6. The SMILES string of the molecule is Cc1ccc2nc(-c3c[nH]nc3-c3cccc(NS(=O)(=O)Cc4ccccc4)c3)oc2c1. The average Bonchev–Trinajstić information content (AvgIpc) is 3.40. The third kappa shape index (κ3) is 4.13. The lowest BCUT2D eigenvalue weighted by Gasteiger charge is -2.09. The standard InChI is InChI=1S/C24H20N4O3S/c1-16-10-11-21-22(12-16)31-24(26-21)20-14-25-27-23(20)18-8-5-9-19(13-18)28-32(29,30)15-17-6-3-2-4-7-17/h2-14,28H,15H2,1H3,(H,25,27). The van der Waals surface area contributed by atoms with Crippen molar-refractivity contribution in [2.24, 2.45) is 0 Å². The van der Waals surface area contributed by atoms with Crippen LogP contribution in [-0.2, 0) is 15.8 Å². The van der Waals surface area contributed by atoms with E-state index in [-0.39, 0.29) is 5.75 Å². The monoisotopic (exact) mass is 444 g/mol. The molecule has 8 heteroatoms. The maximum Gasteiger partial charge on any atom is 0.236 e. The van der Waals surface area contributed by atoms with Crippen molar-refractivity contribution in [3.63, 3.8) is 0 Å². The molecule has 0 spiro atoms. The van der Waals surface area contributed by atoms with Crippen LogP contribution >= 0.6 is 0 Å². The van der Waals surface area contributed by atoms with Crippen LogP contribution in [0.2, 0.25) is 0 Å². The summed E-state index contributed by atoms with van der Waals surface area (Å²) in [6.45, 7) is 2.00. The Labute approximate surface area is 185 Å². The molecule has 0 bridgehead atoms. The fraction of sp³-hybridized carbons (Fsp3) is 0.0833. The van der Waals surface area contributed by atoms with Crippen molar-refractivity contribution in [1.29, 1.82) is 0 Å². The predicted octanol–water partition coefficient (Wildman–Crippen LogP) is 5.14. The quantitative estimate of drug-likeness (QED) is 0.378. The molecule has 2 aromatic heterocycles. The third-order valence-electron chi connectivity index (χ3n) is 5.02. The normalized spacial score (nSPS) is 11.7. The molecular formula is C24H20N4O3S. The van der Waals surface area contributed by atoms with E-state index < -0.39 is 10.0 Å². The summed E-state index contributed by atoms with van der Waals surface area (Å²) >= 11 is 0. The summed E-state index contributed by atoms with van der Waals surface area (Å²) in [5, 5.41) is 7.22. The van der Waals surface area contributed by atoms with Gasteiger partial charge in [0.25, 0.3) is 0 Å². The molecule has 0 aliphatic heterocycles. The van der Waals surface area contributed by atoms with Gasteiger partial charge < -0.3 is 4.42 Å². The number of anilines is 1. The van der Waals surface area contributed by atoms with E-state index in [9.17, 15) is 8.42 Å². The number of H-pyrrole nitrogens is 1. The molecule has 5 aromatic rings. The molecule has 160 valence electrons. The van der Waals surface area contributed by atoms with Crippen LogP contribution in [0.15, 0.2) is 83.4 Å². The molecule has 0 radical (unpaired) electrons. The van der Waals surface area contributed by atoms with E-state index >= 15 is 0 Å². The van der Waals surface area contributed by atoms with Crippen LogP contribution in [-0.4, -0.2) is 23.6 Å². The number of aromatic amines is 1. The Hall–Kier alpha value is -3.91. The smallest absolute Gasteiger partial charge is 0.236 e. The van der Waals surface area contributed by atoms with E-state index in [2.05, 4.69) is 19.9 Å². The van der Waals surface area contributed by atoms with Gasteiger partial charge in [0.05, 0.1) is 11.3 Å². The molecule has 0 aliphatic rings. The molecule has 0 unspecified atom stereocenters. The lowest BCUT2D eigenvalue weighted by atomic mass is 10.1. The molecular weight excluding hydrogens is 424 g/mol. The van der Waals surface area contributed by atoms with Crippen molar-refractivity contribution >= 4 is 26.8 Å². The van der Waals surface area contributed by atoms with Crippen molar-refractivity contribution in [2.45, 2.75) is 12.7 Å². The lowest BCUT2D eigenvalue weighted by molar-refractivity contribution is 0.600. The molecule has 0 fully saturated rings. The first-order chi connectivity index (χ1) is 15.5. The first-order valence-corrected chi connectivity index (χ1v) is 11.7. The maximum absolute atomic E-state index is 12.6. The number of nitrogens with zero attached hydrogens (tertiary/aromatic N) is 2. The Bertz CT molecular complexity index is 1500. The van der Waals surface area contributed by atoms with E-state index in [1.807, 2.05) is 49.4 Å². The van der Waals surface area contributed by atoms with Gasteiger partial charge in [-0.15, -0.1) is 0 Å². The maximum atomic E-state index is 12.6. The van der Waals surface area contributed by atoms with Crippen LogP contribution in [0, 0.1) is 6.92 Å². The minimum Gasteiger partial charge on any atom is -0.436 e. The van der Waals surface area contributed by atoms with Crippen molar-refractivity contribution in [2.75, 3.05) is 4.72 Å². The summed E-state index contributed by atoms with van der Waals surface area (Å²) in [5.74, 6) is 0.345. The van der Waals surface area contributed by atoms with Crippen molar-refractivity contribution < 1.29 is 12.8 Å². The van der Waals surface area contributed by atoms with Crippen LogP contribution in [0.25, 0.3) is 33.8 Å². The van der Waals surface area contributed by atoms with Gasteiger partial charge in [-0.2, -0.15) is 5.10 Å². The number of hydrogen-bond donors (Lipinski definition) is 2. The van der Waals surface area contributed by atoms with E-state index in [0.717, 1.165) is 22.2 Å². The fourth-order valence-corrected chi connectivity index (χ4v) is 4.75. The van der Waals surface area contributed by atoms with Gasteiger partial charge >= 0.3 is 0 Å². The van der Waals surface area contributed by atoms with Gasteiger partial charge in [-0.05, 0) is 42.3 Å².